The third-order valence-corrected chi connectivity index (χ3v) is 1.96. The fourth-order valence-corrected chi connectivity index (χ4v) is 0.915. The van der Waals surface area contributed by atoms with Crippen molar-refractivity contribution in [1.82, 2.24) is 5.32 Å². The van der Waals surface area contributed by atoms with Crippen LogP contribution in [0.3, 0.4) is 0 Å². The molecule has 0 radical (unpaired) electrons. The van der Waals surface area contributed by atoms with Crippen LogP contribution in [0.4, 0.5) is 13.2 Å². The lowest BCUT2D eigenvalue weighted by Crippen LogP contribution is -2.39. The molecule has 0 saturated heterocycles. The molecule has 0 rings (SSSR count). The van der Waals surface area contributed by atoms with Crippen LogP contribution in [0.1, 0.15) is 26.7 Å². The maximum absolute atomic E-state index is 11.7. The summed E-state index contributed by atoms with van der Waals surface area (Å²) in [4.78, 5) is 10.4. The van der Waals surface area contributed by atoms with Crippen molar-refractivity contribution in [3.63, 3.8) is 0 Å². The Kier molecular flexibility index (Phi) is 4.80. The van der Waals surface area contributed by atoms with Crippen molar-refractivity contribution in [2.75, 3.05) is 6.54 Å². The van der Waals surface area contributed by atoms with Gasteiger partial charge in [0.1, 0.15) is 0 Å². The molecule has 0 saturated carbocycles. The molecule has 0 aliphatic rings. The quantitative estimate of drug-likeness (QED) is 0.734. The van der Waals surface area contributed by atoms with E-state index >= 15 is 0 Å². The second-order valence-corrected chi connectivity index (χ2v) is 2.89. The van der Waals surface area contributed by atoms with Crippen LogP contribution in [0.2, 0.25) is 0 Å². The molecule has 2 nitrogen and oxygen atoms in total. The molecule has 0 spiro atoms. The van der Waals surface area contributed by atoms with Gasteiger partial charge in [-0.3, -0.25) is 4.79 Å². The van der Waals surface area contributed by atoms with Crippen molar-refractivity contribution >= 4 is 5.91 Å². The summed E-state index contributed by atoms with van der Waals surface area (Å²) in [7, 11) is 0. The molecule has 78 valence electrons. The summed E-state index contributed by atoms with van der Waals surface area (Å²) in [6.45, 7) is 3.87. The lowest BCUT2D eigenvalue weighted by atomic mass is 10.0. The lowest BCUT2D eigenvalue weighted by molar-refractivity contribution is -0.173. The number of hydrogen-bond donors (Lipinski definition) is 1. The Morgan fingerprint density at radius 3 is 2.08 bits per heavy atom. The summed E-state index contributed by atoms with van der Waals surface area (Å²) in [5.41, 5.74) is 0. The van der Waals surface area contributed by atoms with E-state index in [9.17, 15) is 18.0 Å². The van der Waals surface area contributed by atoms with Gasteiger partial charge in [0, 0.05) is 6.54 Å². The van der Waals surface area contributed by atoms with Gasteiger partial charge in [-0.2, -0.15) is 13.2 Å². The highest BCUT2D eigenvalue weighted by atomic mass is 19.4. The minimum Gasteiger partial charge on any atom is -0.348 e. The molecule has 0 atom stereocenters. The fraction of sp³-hybridized carbons (Fsp3) is 0.875. The average Bonchev–Trinajstić information content (AvgIpc) is 2.04. The van der Waals surface area contributed by atoms with E-state index in [1.807, 2.05) is 19.2 Å². The van der Waals surface area contributed by atoms with E-state index in [0.29, 0.717) is 0 Å². The largest absolute Gasteiger partial charge is 0.471 e. The van der Waals surface area contributed by atoms with E-state index in [1.165, 1.54) is 0 Å². The molecule has 13 heavy (non-hydrogen) atoms. The predicted molar refractivity (Wildman–Crippen MR) is 43.1 cm³/mol. The molecular formula is C8H14F3NO. The minimum atomic E-state index is -4.76. The Balaban J connectivity index is 3.82. The van der Waals surface area contributed by atoms with Crippen LogP contribution in [0.5, 0.6) is 0 Å². The normalized spacial score (nSPS) is 11.8. The summed E-state index contributed by atoms with van der Waals surface area (Å²) in [6.07, 6.45) is -3.21. The first-order valence-corrected chi connectivity index (χ1v) is 4.26. The fourth-order valence-electron chi connectivity index (χ4n) is 0.915. The van der Waals surface area contributed by atoms with Crippen molar-refractivity contribution in [1.29, 1.82) is 0 Å². The van der Waals surface area contributed by atoms with E-state index < -0.39 is 12.1 Å². The van der Waals surface area contributed by atoms with Crippen molar-refractivity contribution in [3.8, 4) is 0 Å². The Morgan fingerprint density at radius 2 is 1.77 bits per heavy atom. The zero-order valence-electron chi connectivity index (χ0n) is 7.74. The number of halogens is 3. The molecule has 0 aromatic rings. The van der Waals surface area contributed by atoms with E-state index in [4.69, 9.17) is 0 Å². The first-order chi connectivity index (χ1) is 5.91. The van der Waals surface area contributed by atoms with Crippen LogP contribution < -0.4 is 5.32 Å². The van der Waals surface area contributed by atoms with Gasteiger partial charge in [-0.05, 0) is 5.92 Å². The van der Waals surface area contributed by atoms with Gasteiger partial charge in [-0.25, -0.2) is 0 Å². The smallest absolute Gasteiger partial charge is 0.348 e. The highest BCUT2D eigenvalue weighted by Crippen LogP contribution is 2.14. The Hall–Kier alpha value is -0.740. The number of hydrogen-bond acceptors (Lipinski definition) is 1. The van der Waals surface area contributed by atoms with Gasteiger partial charge in [-0.15, -0.1) is 0 Å². The molecule has 0 aliphatic carbocycles. The summed E-state index contributed by atoms with van der Waals surface area (Å²) >= 11 is 0. The van der Waals surface area contributed by atoms with Crippen molar-refractivity contribution < 1.29 is 18.0 Å². The van der Waals surface area contributed by atoms with Crippen LogP contribution in [-0.4, -0.2) is 18.6 Å². The average molecular weight is 197 g/mol. The highest BCUT2D eigenvalue weighted by Gasteiger charge is 2.38. The summed E-state index contributed by atoms with van der Waals surface area (Å²) in [5, 5.41) is 1.86. The zero-order chi connectivity index (χ0) is 10.5. The maximum Gasteiger partial charge on any atom is 0.471 e. The summed E-state index contributed by atoms with van der Waals surface area (Å²) < 4.78 is 35.1. The van der Waals surface area contributed by atoms with Gasteiger partial charge in [-0.1, -0.05) is 26.7 Å². The van der Waals surface area contributed by atoms with E-state index in [2.05, 4.69) is 0 Å². The minimum absolute atomic E-state index is 0.103. The zero-order valence-corrected chi connectivity index (χ0v) is 7.74. The van der Waals surface area contributed by atoms with Crippen molar-refractivity contribution in [2.24, 2.45) is 5.92 Å². The van der Waals surface area contributed by atoms with Gasteiger partial charge in [0.25, 0.3) is 0 Å². The SMILES string of the molecule is CCC(CC)CNC(=O)C(F)(F)F. The molecule has 0 unspecified atom stereocenters. The Labute approximate surface area is 75.5 Å². The maximum atomic E-state index is 11.7. The number of nitrogens with one attached hydrogen (secondary N) is 1. The Morgan fingerprint density at radius 1 is 1.31 bits per heavy atom. The second kappa shape index (κ2) is 5.09. The molecule has 0 heterocycles. The van der Waals surface area contributed by atoms with Crippen LogP contribution in [-0.2, 0) is 4.79 Å². The molecule has 5 heteroatoms. The van der Waals surface area contributed by atoms with Gasteiger partial charge in [0.2, 0.25) is 0 Å². The van der Waals surface area contributed by atoms with Crippen LogP contribution >= 0.6 is 0 Å². The van der Waals surface area contributed by atoms with Crippen LogP contribution in [0.25, 0.3) is 0 Å². The molecule has 0 aromatic carbocycles. The molecule has 1 N–H and O–H groups in total. The number of rotatable bonds is 4. The number of carbonyl (C=O) groups excluding carboxylic acids is 1. The van der Waals surface area contributed by atoms with Gasteiger partial charge >= 0.3 is 12.1 Å². The topological polar surface area (TPSA) is 29.1 Å². The predicted octanol–water partition coefficient (Wildman–Crippen LogP) is 2.10. The molecule has 0 fully saturated rings. The highest BCUT2D eigenvalue weighted by molar-refractivity contribution is 5.81. The summed E-state index contributed by atoms with van der Waals surface area (Å²) in [5.74, 6) is -1.72. The third-order valence-electron chi connectivity index (χ3n) is 1.96. The molecule has 0 bridgehead atoms. The molecule has 1 amide bonds. The van der Waals surface area contributed by atoms with E-state index in [1.54, 1.807) is 0 Å². The number of alkyl halides is 3. The Bertz CT molecular complexity index is 163. The van der Waals surface area contributed by atoms with Gasteiger partial charge in [0.05, 0.1) is 0 Å². The first kappa shape index (κ1) is 12.3. The monoisotopic (exact) mass is 197 g/mol. The summed E-state index contributed by atoms with van der Waals surface area (Å²) in [6, 6.07) is 0. The first-order valence-electron chi connectivity index (χ1n) is 4.26. The molecule has 0 aliphatic heterocycles. The van der Waals surface area contributed by atoms with Gasteiger partial charge in [0.15, 0.2) is 0 Å². The lowest BCUT2D eigenvalue weighted by Gasteiger charge is -2.13. The molecular weight excluding hydrogens is 183 g/mol. The van der Waals surface area contributed by atoms with Crippen LogP contribution in [0.15, 0.2) is 0 Å². The number of amides is 1. The van der Waals surface area contributed by atoms with Crippen molar-refractivity contribution in [3.05, 3.63) is 0 Å². The van der Waals surface area contributed by atoms with E-state index in [-0.39, 0.29) is 12.5 Å². The molecule has 0 aromatic heterocycles. The van der Waals surface area contributed by atoms with Crippen molar-refractivity contribution in [2.45, 2.75) is 32.9 Å². The third kappa shape index (κ3) is 4.75. The van der Waals surface area contributed by atoms with Gasteiger partial charge < -0.3 is 5.32 Å². The van der Waals surface area contributed by atoms with Crippen LogP contribution in [0, 0.1) is 5.92 Å². The second-order valence-electron chi connectivity index (χ2n) is 2.89. The standard InChI is InChI=1S/C8H14F3NO/c1-3-6(4-2)5-12-7(13)8(9,10)11/h6H,3-5H2,1-2H3,(H,12,13). The number of carbonyl (C=O) groups is 1. The van der Waals surface area contributed by atoms with E-state index in [0.717, 1.165) is 12.8 Å².